The van der Waals surface area contributed by atoms with E-state index in [2.05, 4.69) is 5.32 Å². The Morgan fingerprint density at radius 1 is 1.00 bits per heavy atom. The summed E-state index contributed by atoms with van der Waals surface area (Å²) in [4.78, 5) is 38.3. The summed E-state index contributed by atoms with van der Waals surface area (Å²) in [6, 6.07) is 15.0. The van der Waals surface area contributed by atoms with E-state index in [0.29, 0.717) is 20.8 Å². The van der Waals surface area contributed by atoms with Crippen LogP contribution in [0.4, 0.5) is 4.39 Å². The monoisotopic (exact) mass is 471 g/mol. The van der Waals surface area contributed by atoms with Gasteiger partial charge in [0.15, 0.2) is 0 Å². The minimum Gasteiger partial charge on any atom is -0.352 e. The molecule has 164 valence electrons. The summed E-state index contributed by atoms with van der Waals surface area (Å²) >= 11 is 7.30. The van der Waals surface area contributed by atoms with E-state index in [4.69, 9.17) is 11.6 Å². The molecule has 0 spiro atoms. The predicted molar refractivity (Wildman–Crippen MR) is 124 cm³/mol. The first-order valence-electron chi connectivity index (χ1n) is 9.90. The summed E-state index contributed by atoms with van der Waals surface area (Å²) < 4.78 is 17.0. The molecular weight excluding hydrogens is 453 g/mol. The Bertz CT molecular complexity index is 1410. The van der Waals surface area contributed by atoms with Gasteiger partial charge in [0.1, 0.15) is 10.5 Å². The highest BCUT2D eigenvalue weighted by Crippen LogP contribution is 2.18. The quantitative estimate of drug-likeness (QED) is 0.446. The molecule has 2 aromatic carbocycles. The Morgan fingerprint density at radius 2 is 1.72 bits per heavy atom. The molecule has 0 aliphatic carbocycles. The van der Waals surface area contributed by atoms with Crippen LogP contribution in [0.3, 0.4) is 0 Å². The Morgan fingerprint density at radius 3 is 2.47 bits per heavy atom. The first-order valence-corrected chi connectivity index (χ1v) is 11.2. The summed E-state index contributed by atoms with van der Waals surface area (Å²) in [5.41, 5.74) is 0.524. The van der Waals surface area contributed by atoms with Crippen LogP contribution >= 0.6 is 22.9 Å². The number of hydrogen-bond acceptors (Lipinski definition) is 4. The van der Waals surface area contributed by atoms with Crippen LogP contribution in [0.2, 0.25) is 5.02 Å². The molecule has 1 N–H and O–H groups in total. The lowest BCUT2D eigenvalue weighted by atomic mass is 10.2. The first kappa shape index (κ1) is 22.0. The number of carbonyl (C=O) groups is 1. The molecule has 32 heavy (non-hydrogen) atoms. The minimum absolute atomic E-state index is 0.0161. The molecule has 1 amide bonds. The lowest BCUT2D eigenvalue weighted by molar-refractivity contribution is -0.121. The number of aromatic nitrogens is 2. The number of carbonyl (C=O) groups excluding carboxylic acids is 1. The summed E-state index contributed by atoms with van der Waals surface area (Å²) in [6.45, 7) is 0.143. The lowest BCUT2D eigenvalue weighted by Gasteiger charge is -2.13. The molecule has 2 aromatic heterocycles. The fourth-order valence-corrected chi connectivity index (χ4v) is 4.46. The third-order valence-corrected chi connectivity index (χ3v) is 6.38. The van der Waals surface area contributed by atoms with Crippen LogP contribution in [-0.4, -0.2) is 15.0 Å². The Kier molecular flexibility index (Phi) is 6.53. The Balaban J connectivity index is 1.57. The second kappa shape index (κ2) is 9.50. The maximum Gasteiger partial charge on any atom is 0.331 e. The average molecular weight is 472 g/mol. The van der Waals surface area contributed by atoms with Crippen molar-refractivity contribution in [2.75, 3.05) is 0 Å². The molecule has 4 aromatic rings. The molecule has 0 atom stereocenters. The highest BCUT2D eigenvalue weighted by molar-refractivity contribution is 7.17. The molecule has 0 saturated carbocycles. The van der Waals surface area contributed by atoms with Gasteiger partial charge in [-0.05, 0) is 29.1 Å². The number of amides is 1. The zero-order chi connectivity index (χ0) is 22.7. The number of rotatable bonds is 7. The maximum absolute atomic E-state index is 14.2. The smallest absolute Gasteiger partial charge is 0.331 e. The van der Waals surface area contributed by atoms with Crippen LogP contribution in [0.1, 0.15) is 17.5 Å². The van der Waals surface area contributed by atoms with Gasteiger partial charge in [-0.25, -0.2) is 9.18 Å². The Hall–Kier alpha value is -3.23. The van der Waals surface area contributed by atoms with Gasteiger partial charge in [0.2, 0.25) is 5.91 Å². The van der Waals surface area contributed by atoms with E-state index < -0.39 is 17.1 Å². The van der Waals surface area contributed by atoms with Crippen molar-refractivity contribution in [2.24, 2.45) is 0 Å². The standard InChI is InChI=1S/C23H19ClFN3O3S/c24-17-7-3-1-5-15(17)13-26-20(29)9-11-27-22(30)21-19(10-12-32-21)28(23(27)31)14-16-6-2-4-8-18(16)25/h1-8,10,12H,9,11,13-14H2,(H,26,29). The maximum atomic E-state index is 14.2. The molecule has 0 saturated heterocycles. The van der Waals surface area contributed by atoms with Crippen LogP contribution in [0.15, 0.2) is 69.6 Å². The molecule has 0 bridgehead atoms. The molecule has 0 aliphatic heterocycles. The number of benzene rings is 2. The van der Waals surface area contributed by atoms with Gasteiger partial charge in [0.05, 0.1) is 12.1 Å². The second-order valence-corrected chi connectivity index (χ2v) is 8.49. The van der Waals surface area contributed by atoms with Gasteiger partial charge in [-0.2, -0.15) is 0 Å². The molecule has 0 unspecified atom stereocenters. The summed E-state index contributed by atoms with van der Waals surface area (Å²) in [5, 5.41) is 5.01. The summed E-state index contributed by atoms with van der Waals surface area (Å²) in [6.07, 6.45) is -0.0593. The van der Waals surface area contributed by atoms with E-state index >= 15 is 0 Å². The summed E-state index contributed by atoms with van der Waals surface area (Å²) in [7, 11) is 0. The van der Waals surface area contributed by atoms with Crippen LogP contribution < -0.4 is 16.6 Å². The van der Waals surface area contributed by atoms with E-state index in [1.165, 1.54) is 22.0 Å². The van der Waals surface area contributed by atoms with Crippen LogP contribution in [-0.2, 0) is 24.4 Å². The van der Waals surface area contributed by atoms with Gasteiger partial charge in [-0.15, -0.1) is 11.3 Å². The van der Waals surface area contributed by atoms with Gasteiger partial charge >= 0.3 is 5.69 Å². The van der Waals surface area contributed by atoms with E-state index in [1.54, 1.807) is 47.8 Å². The SMILES string of the molecule is O=C(CCn1c(=O)c2sccc2n(Cc2ccccc2F)c1=O)NCc1ccccc1Cl. The Labute approximate surface area is 191 Å². The van der Waals surface area contributed by atoms with Crippen molar-refractivity contribution in [1.29, 1.82) is 0 Å². The number of hydrogen-bond donors (Lipinski definition) is 1. The number of nitrogens with zero attached hydrogens (tertiary/aromatic N) is 2. The third kappa shape index (κ3) is 4.51. The fraction of sp³-hybridized carbons (Fsp3) is 0.174. The van der Waals surface area contributed by atoms with Crippen molar-refractivity contribution < 1.29 is 9.18 Å². The minimum atomic E-state index is -0.581. The molecular formula is C23H19ClFN3O3S. The molecule has 0 radical (unpaired) electrons. The van der Waals surface area contributed by atoms with Crippen molar-refractivity contribution in [3.63, 3.8) is 0 Å². The second-order valence-electron chi connectivity index (χ2n) is 7.17. The van der Waals surface area contributed by atoms with E-state index in [0.717, 1.165) is 10.1 Å². The van der Waals surface area contributed by atoms with Crippen molar-refractivity contribution >= 4 is 39.1 Å². The van der Waals surface area contributed by atoms with E-state index in [-0.39, 0.29) is 32.0 Å². The number of nitrogens with one attached hydrogen (secondary N) is 1. The van der Waals surface area contributed by atoms with Crippen molar-refractivity contribution in [2.45, 2.75) is 26.1 Å². The van der Waals surface area contributed by atoms with Crippen LogP contribution in [0.25, 0.3) is 10.2 Å². The van der Waals surface area contributed by atoms with Gasteiger partial charge in [-0.1, -0.05) is 48.0 Å². The van der Waals surface area contributed by atoms with Crippen LogP contribution in [0.5, 0.6) is 0 Å². The normalized spacial score (nSPS) is 11.1. The molecule has 9 heteroatoms. The molecule has 6 nitrogen and oxygen atoms in total. The lowest BCUT2D eigenvalue weighted by Crippen LogP contribution is -2.41. The fourth-order valence-electron chi connectivity index (χ4n) is 3.42. The topological polar surface area (TPSA) is 73.1 Å². The molecule has 4 rings (SSSR count). The molecule has 2 heterocycles. The number of halogens is 2. The third-order valence-electron chi connectivity index (χ3n) is 5.12. The van der Waals surface area contributed by atoms with Gasteiger partial charge < -0.3 is 5.32 Å². The van der Waals surface area contributed by atoms with Gasteiger partial charge in [0, 0.05) is 30.1 Å². The average Bonchev–Trinajstić information content (AvgIpc) is 3.27. The van der Waals surface area contributed by atoms with Crippen molar-refractivity contribution in [3.05, 3.63) is 103 Å². The molecule has 0 aliphatic rings. The van der Waals surface area contributed by atoms with Gasteiger partial charge in [0.25, 0.3) is 5.56 Å². The van der Waals surface area contributed by atoms with Crippen molar-refractivity contribution in [1.82, 2.24) is 14.5 Å². The number of thiophene rings is 1. The summed E-state index contributed by atoms with van der Waals surface area (Å²) in [5.74, 6) is -0.748. The zero-order valence-electron chi connectivity index (χ0n) is 16.9. The van der Waals surface area contributed by atoms with E-state index in [9.17, 15) is 18.8 Å². The number of fused-ring (bicyclic) bond motifs is 1. The first-order chi connectivity index (χ1) is 15.5. The zero-order valence-corrected chi connectivity index (χ0v) is 18.5. The van der Waals surface area contributed by atoms with Crippen LogP contribution in [0, 0.1) is 5.82 Å². The van der Waals surface area contributed by atoms with Gasteiger partial charge in [-0.3, -0.25) is 18.7 Å². The van der Waals surface area contributed by atoms with Crippen molar-refractivity contribution in [3.8, 4) is 0 Å². The largest absolute Gasteiger partial charge is 0.352 e. The highest BCUT2D eigenvalue weighted by atomic mass is 35.5. The van der Waals surface area contributed by atoms with E-state index in [1.807, 2.05) is 6.07 Å². The predicted octanol–water partition coefficient (Wildman–Crippen LogP) is 3.77. The highest BCUT2D eigenvalue weighted by Gasteiger charge is 2.16. The molecule has 0 fully saturated rings.